The van der Waals surface area contributed by atoms with Crippen LogP contribution in [0, 0.1) is 0 Å². The molecule has 5 nitrogen and oxygen atoms in total. The minimum Gasteiger partial charge on any atom is -0.493 e. The zero-order valence-electron chi connectivity index (χ0n) is 17.7. The molecule has 0 unspecified atom stereocenters. The monoisotopic (exact) mass is 412 g/mol. The van der Waals surface area contributed by atoms with Gasteiger partial charge in [-0.25, -0.2) is 0 Å². The molecule has 0 bridgehead atoms. The molecule has 5 rings (SSSR count). The Hall–Kier alpha value is -3.60. The van der Waals surface area contributed by atoms with E-state index in [4.69, 9.17) is 14.5 Å². The van der Waals surface area contributed by atoms with Gasteiger partial charge in [-0.1, -0.05) is 42.5 Å². The highest BCUT2D eigenvalue weighted by atomic mass is 16.5. The first-order valence-corrected chi connectivity index (χ1v) is 10.5. The number of carbonyl (C=O) groups is 1. The summed E-state index contributed by atoms with van der Waals surface area (Å²) in [6.45, 7) is 0.690. The highest BCUT2D eigenvalue weighted by Gasteiger charge is 2.20. The van der Waals surface area contributed by atoms with Crippen LogP contribution in [-0.4, -0.2) is 31.2 Å². The number of aromatic nitrogens is 1. The van der Waals surface area contributed by atoms with Gasteiger partial charge in [-0.15, -0.1) is 0 Å². The zero-order valence-corrected chi connectivity index (χ0v) is 17.7. The van der Waals surface area contributed by atoms with Crippen LogP contribution in [0.4, 0.5) is 0 Å². The summed E-state index contributed by atoms with van der Waals surface area (Å²) in [5, 5.41) is 3.15. The zero-order chi connectivity index (χ0) is 21.4. The van der Waals surface area contributed by atoms with Crippen molar-refractivity contribution < 1.29 is 14.3 Å². The van der Waals surface area contributed by atoms with Gasteiger partial charge in [-0.05, 0) is 47.4 Å². The number of ether oxygens (including phenoxy) is 2. The lowest BCUT2D eigenvalue weighted by atomic mass is 9.99. The van der Waals surface area contributed by atoms with Gasteiger partial charge >= 0.3 is 0 Å². The predicted octanol–water partition coefficient (Wildman–Crippen LogP) is 2.04. The minimum atomic E-state index is 0.00239. The van der Waals surface area contributed by atoms with Gasteiger partial charge in [0.2, 0.25) is 0 Å². The van der Waals surface area contributed by atoms with E-state index in [9.17, 15) is 4.79 Å². The molecule has 0 radical (unpaired) electrons. The van der Waals surface area contributed by atoms with E-state index in [2.05, 4.69) is 18.2 Å². The van der Waals surface area contributed by atoms with Gasteiger partial charge < -0.3 is 9.47 Å². The molecule has 0 amide bonds. The van der Waals surface area contributed by atoms with Crippen molar-refractivity contribution in [3.63, 3.8) is 0 Å². The Morgan fingerprint density at radius 2 is 1.84 bits per heavy atom. The summed E-state index contributed by atoms with van der Waals surface area (Å²) < 4.78 is 12.6. The first-order chi connectivity index (χ1) is 15.2. The van der Waals surface area contributed by atoms with Gasteiger partial charge in [-0.3, -0.25) is 14.4 Å². The number of fused-ring (bicyclic) bond motifs is 2. The normalized spacial score (nSPS) is 14.5. The second-order valence-electron chi connectivity index (χ2n) is 7.71. The Kier molecular flexibility index (Phi) is 4.94. The summed E-state index contributed by atoms with van der Waals surface area (Å²) in [6.07, 6.45) is 8.76. The summed E-state index contributed by atoms with van der Waals surface area (Å²) in [4.78, 5) is 18.4. The van der Waals surface area contributed by atoms with Gasteiger partial charge in [0.1, 0.15) is 5.49 Å². The fourth-order valence-electron chi connectivity index (χ4n) is 4.46. The highest BCUT2D eigenvalue weighted by Crippen LogP contribution is 2.31. The SMILES string of the molecule is COc1ccc(-c2cn(C(=O)C3=c4ccccc4=CCC3)c3c2=CCCN=3)cc1OC. The van der Waals surface area contributed by atoms with Crippen molar-refractivity contribution in [3.05, 3.63) is 69.8 Å². The molecule has 156 valence electrons. The van der Waals surface area contributed by atoms with Crippen LogP contribution in [-0.2, 0) is 0 Å². The molecule has 1 aliphatic carbocycles. The number of nitrogens with zero attached hydrogens (tertiary/aromatic N) is 2. The van der Waals surface area contributed by atoms with Crippen LogP contribution >= 0.6 is 0 Å². The summed E-state index contributed by atoms with van der Waals surface area (Å²) >= 11 is 0. The van der Waals surface area contributed by atoms with Crippen molar-refractivity contribution in [1.82, 2.24) is 4.57 Å². The Labute approximate surface area is 180 Å². The minimum absolute atomic E-state index is 0.00239. The molecule has 0 saturated heterocycles. The molecule has 31 heavy (non-hydrogen) atoms. The lowest BCUT2D eigenvalue weighted by Gasteiger charge is -2.11. The third kappa shape index (κ3) is 3.26. The van der Waals surface area contributed by atoms with Gasteiger partial charge in [0, 0.05) is 29.1 Å². The maximum atomic E-state index is 13.7. The smallest absolute Gasteiger partial charge is 0.260 e. The standard InChI is InChI=1S/C26H24N2O3/c1-30-23-13-12-18(15-24(23)31-2)22-16-28(25-20(22)11-6-14-27-25)26(29)21-10-5-8-17-7-3-4-9-19(17)21/h3-4,7-9,11-13,15-16H,5-6,10,14H2,1-2H3. The summed E-state index contributed by atoms with van der Waals surface area (Å²) in [5.41, 5.74) is 3.52. The first-order valence-electron chi connectivity index (χ1n) is 10.5. The topological polar surface area (TPSA) is 52.8 Å². The highest BCUT2D eigenvalue weighted by molar-refractivity contribution is 6.15. The molecule has 0 N–H and O–H groups in total. The summed E-state index contributed by atoms with van der Waals surface area (Å²) in [6, 6.07) is 13.9. The largest absolute Gasteiger partial charge is 0.493 e. The van der Waals surface area contributed by atoms with Crippen molar-refractivity contribution in [2.24, 2.45) is 4.99 Å². The Morgan fingerprint density at radius 3 is 2.68 bits per heavy atom. The van der Waals surface area contributed by atoms with Crippen LogP contribution in [0.15, 0.2) is 53.7 Å². The molecular weight excluding hydrogens is 388 g/mol. The molecule has 0 fully saturated rings. The molecule has 2 heterocycles. The van der Waals surface area contributed by atoms with E-state index in [0.717, 1.165) is 57.1 Å². The maximum absolute atomic E-state index is 13.7. The Bertz CT molecular complexity index is 1430. The number of methoxy groups -OCH3 is 2. The van der Waals surface area contributed by atoms with E-state index in [1.807, 2.05) is 42.6 Å². The van der Waals surface area contributed by atoms with Gasteiger partial charge in [0.25, 0.3) is 5.91 Å². The van der Waals surface area contributed by atoms with Crippen LogP contribution in [0.3, 0.4) is 0 Å². The molecule has 5 heteroatoms. The number of hydrogen-bond acceptors (Lipinski definition) is 4. The quantitative estimate of drug-likeness (QED) is 0.659. The molecule has 2 aliphatic rings. The summed E-state index contributed by atoms with van der Waals surface area (Å²) in [7, 11) is 3.25. The van der Waals surface area contributed by atoms with Crippen molar-refractivity contribution in [1.29, 1.82) is 0 Å². The second-order valence-corrected chi connectivity index (χ2v) is 7.71. The molecule has 2 aromatic carbocycles. The Morgan fingerprint density at radius 1 is 1.00 bits per heavy atom. The molecule has 1 aliphatic heterocycles. The number of benzene rings is 2. The lowest BCUT2D eigenvalue weighted by molar-refractivity contribution is 0.0970. The predicted molar refractivity (Wildman–Crippen MR) is 121 cm³/mol. The number of carbonyl (C=O) groups excluding carboxylic acids is 1. The van der Waals surface area contributed by atoms with Crippen LogP contribution in [0.2, 0.25) is 0 Å². The van der Waals surface area contributed by atoms with Crippen LogP contribution in [0.5, 0.6) is 11.5 Å². The average Bonchev–Trinajstić information content (AvgIpc) is 3.22. The van der Waals surface area contributed by atoms with E-state index in [1.54, 1.807) is 18.8 Å². The fraction of sp³-hybridized carbons (Fsp3) is 0.231. The lowest BCUT2D eigenvalue weighted by Crippen LogP contribution is -2.39. The van der Waals surface area contributed by atoms with Crippen LogP contribution < -0.4 is 30.6 Å². The summed E-state index contributed by atoms with van der Waals surface area (Å²) in [5.74, 6) is 1.34. The van der Waals surface area contributed by atoms with E-state index in [1.165, 1.54) is 0 Å². The number of hydrogen-bond donors (Lipinski definition) is 0. The first kappa shape index (κ1) is 19.4. The second kappa shape index (κ2) is 7.91. The average molecular weight is 412 g/mol. The van der Waals surface area contributed by atoms with E-state index >= 15 is 0 Å². The van der Waals surface area contributed by atoms with Crippen molar-refractivity contribution in [2.45, 2.75) is 19.3 Å². The number of rotatable bonds is 4. The fourth-order valence-corrected chi connectivity index (χ4v) is 4.46. The maximum Gasteiger partial charge on any atom is 0.260 e. The van der Waals surface area contributed by atoms with Crippen molar-refractivity contribution in [2.75, 3.05) is 20.8 Å². The van der Waals surface area contributed by atoms with Gasteiger partial charge in [0.15, 0.2) is 11.5 Å². The molecular formula is C26H24N2O3. The molecule has 0 saturated carbocycles. The van der Waals surface area contributed by atoms with E-state index in [0.29, 0.717) is 18.0 Å². The van der Waals surface area contributed by atoms with Crippen LogP contribution in [0.1, 0.15) is 24.1 Å². The molecule has 0 spiro atoms. The molecule has 3 aromatic rings. The molecule has 1 aromatic heterocycles. The third-order valence-corrected chi connectivity index (χ3v) is 5.97. The van der Waals surface area contributed by atoms with Crippen molar-refractivity contribution in [3.8, 4) is 22.6 Å². The van der Waals surface area contributed by atoms with Crippen LogP contribution in [0.25, 0.3) is 28.9 Å². The van der Waals surface area contributed by atoms with Gasteiger partial charge in [0.05, 0.1) is 14.2 Å². The third-order valence-electron chi connectivity index (χ3n) is 5.97. The van der Waals surface area contributed by atoms with Crippen molar-refractivity contribution >= 4 is 23.6 Å². The van der Waals surface area contributed by atoms with E-state index < -0.39 is 0 Å². The Balaban J connectivity index is 1.71. The van der Waals surface area contributed by atoms with Gasteiger partial charge in [-0.2, -0.15) is 0 Å². The molecule has 0 atom stereocenters. The van der Waals surface area contributed by atoms with E-state index in [-0.39, 0.29) is 5.91 Å².